The molecular formula is C31H56NSiTi. The van der Waals surface area contributed by atoms with Crippen LogP contribution < -0.4 is 0 Å². The Morgan fingerprint density at radius 1 is 0.824 bits per heavy atom. The van der Waals surface area contributed by atoms with E-state index in [0.29, 0.717) is 0 Å². The van der Waals surface area contributed by atoms with E-state index in [1.807, 2.05) is 25.5 Å². The van der Waals surface area contributed by atoms with Crippen molar-refractivity contribution in [3.8, 4) is 0 Å². The monoisotopic (exact) mass is 518 g/mol. The number of nitrogens with zero attached hydrogens (tertiary/aromatic N) is 1. The average molecular weight is 519 g/mol. The second kappa shape index (κ2) is 14.3. The van der Waals surface area contributed by atoms with Crippen LogP contribution in [0.5, 0.6) is 0 Å². The van der Waals surface area contributed by atoms with Gasteiger partial charge in [-0.05, 0) is 48.3 Å². The Hall–Kier alpha value is 0.241. The van der Waals surface area contributed by atoms with Crippen LogP contribution in [0.1, 0.15) is 98.3 Å². The molecule has 1 radical (unpaired) electrons. The predicted octanol–water partition coefficient (Wildman–Crippen LogP) is 10.2. The Bertz CT molecular complexity index is 615. The molecule has 0 aromatic heterocycles. The van der Waals surface area contributed by atoms with Crippen LogP contribution in [0, 0.1) is 49.4 Å². The molecule has 4 aliphatic carbocycles. The van der Waals surface area contributed by atoms with E-state index in [1.165, 1.54) is 25.7 Å². The molecule has 0 bridgehead atoms. The minimum absolute atomic E-state index is 0. The smallest absolute Gasteiger partial charge is 0.660 e. The normalized spacial score (nSPS) is 33.6. The van der Waals surface area contributed by atoms with Crippen molar-refractivity contribution in [3.63, 3.8) is 0 Å². The molecule has 0 aromatic rings. The first-order valence-electron chi connectivity index (χ1n) is 14.0. The maximum atomic E-state index is 5.52. The van der Waals surface area contributed by atoms with Crippen molar-refractivity contribution < 1.29 is 21.7 Å². The molecule has 0 aliphatic heterocycles. The number of hydrogen-bond donors (Lipinski definition) is 0. The van der Waals surface area contributed by atoms with Crippen molar-refractivity contribution in [2.24, 2.45) is 35.5 Å². The van der Waals surface area contributed by atoms with E-state index in [1.54, 1.807) is 51.0 Å². The van der Waals surface area contributed by atoms with E-state index in [-0.39, 0.29) is 34.7 Å². The molecule has 0 saturated heterocycles. The van der Waals surface area contributed by atoms with E-state index in [4.69, 9.17) is 4.98 Å². The van der Waals surface area contributed by atoms with E-state index in [9.17, 15) is 0 Å². The number of rotatable bonds is 5. The van der Waals surface area contributed by atoms with Gasteiger partial charge < -0.3 is 12.4 Å². The summed E-state index contributed by atoms with van der Waals surface area (Å²) >= 11 is 0. The standard InChI is InChI=1S/C24H44NSi.C6H9.CH3.Ti/c1-24(2,3)25-26(4,5)23-16-20(17-10-7-6-8-11-17)21-14-18-12-9-13-19(18)15-22(21)23;1-3-5-6-4-2;;/h17-23H,6-16H2,1-5H3;3-6H,1H2,2H3;1H3;/q3*-1;+3/b;6-4+;;. The summed E-state index contributed by atoms with van der Waals surface area (Å²) in [6, 6.07) is 0. The number of hydrogen-bond acceptors (Lipinski definition) is 0. The van der Waals surface area contributed by atoms with Gasteiger partial charge in [0, 0.05) is 0 Å². The first kappa shape index (κ1) is 32.3. The van der Waals surface area contributed by atoms with Crippen LogP contribution in [0.2, 0.25) is 18.6 Å². The van der Waals surface area contributed by atoms with Crippen LogP contribution >= 0.6 is 0 Å². The molecule has 0 amide bonds. The molecule has 4 saturated carbocycles. The average Bonchev–Trinajstić information content (AvgIpc) is 3.34. The van der Waals surface area contributed by atoms with Crippen molar-refractivity contribution in [2.75, 3.05) is 0 Å². The van der Waals surface area contributed by atoms with Crippen LogP contribution in [-0.4, -0.2) is 13.8 Å². The SMILES string of the molecule is C=C[CH-]/C=C/C.CC(C)(C)[N-][Si](C)(C)C1CC(C2CCCCC2)C2CC3CCCC3CC21.[CH3-].[Ti+3]. The molecule has 1 nitrogen and oxygen atoms in total. The first-order chi connectivity index (χ1) is 15.2. The summed E-state index contributed by atoms with van der Waals surface area (Å²) in [5, 5.41) is 0. The van der Waals surface area contributed by atoms with E-state index in [2.05, 4.69) is 40.4 Å². The Kier molecular flexibility index (Phi) is 13.5. The largest absolute Gasteiger partial charge is 3.00 e. The number of allylic oxidation sites excluding steroid dienone is 3. The van der Waals surface area contributed by atoms with Gasteiger partial charge in [0.2, 0.25) is 0 Å². The first-order valence-corrected chi connectivity index (χ1v) is 17.0. The summed E-state index contributed by atoms with van der Waals surface area (Å²) in [5.74, 6) is 6.43. The topological polar surface area (TPSA) is 14.1 Å². The van der Waals surface area contributed by atoms with Gasteiger partial charge in [0.25, 0.3) is 0 Å². The second-order valence-corrected chi connectivity index (χ2v) is 17.3. The van der Waals surface area contributed by atoms with Crippen molar-refractivity contribution in [3.05, 3.63) is 43.6 Å². The fraction of sp³-hybridized carbons (Fsp3) is 0.806. The summed E-state index contributed by atoms with van der Waals surface area (Å²) in [5.41, 5.74) is 1.12. The van der Waals surface area contributed by atoms with Gasteiger partial charge in [-0.3, -0.25) is 0 Å². The maximum Gasteiger partial charge on any atom is 3.00 e. The van der Waals surface area contributed by atoms with Gasteiger partial charge in [-0.2, -0.15) is 31.2 Å². The Morgan fingerprint density at radius 3 is 1.88 bits per heavy atom. The van der Waals surface area contributed by atoms with Gasteiger partial charge in [-0.15, -0.1) is 5.54 Å². The molecule has 34 heavy (non-hydrogen) atoms. The Balaban J connectivity index is 0.000000647. The molecule has 6 atom stereocenters. The Morgan fingerprint density at radius 2 is 1.38 bits per heavy atom. The fourth-order valence-electron chi connectivity index (χ4n) is 8.43. The summed E-state index contributed by atoms with van der Waals surface area (Å²) < 4.78 is 0. The molecule has 0 aromatic carbocycles. The van der Waals surface area contributed by atoms with Crippen LogP contribution in [0.25, 0.3) is 4.98 Å². The van der Waals surface area contributed by atoms with Crippen molar-refractivity contribution in [2.45, 2.75) is 122 Å². The summed E-state index contributed by atoms with van der Waals surface area (Å²) in [6.45, 7) is 17.7. The third-order valence-electron chi connectivity index (χ3n) is 9.34. The van der Waals surface area contributed by atoms with Crippen molar-refractivity contribution >= 4 is 8.24 Å². The van der Waals surface area contributed by atoms with Crippen LogP contribution in [0.15, 0.2) is 24.8 Å². The van der Waals surface area contributed by atoms with Gasteiger partial charge in [-0.1, -0.05) is 112 Å². The van der Waals surface area contributed by atoms with Gasteiger partial charge in [0.05, 0.1) is 0 Å². The van der Waals surface area contributed by atoms with Crippen LogP contribution in [-0.2, 0) is 21.7 Å². The molecule has 3 heteroatoms. The van der Waals surface area contributed by atoms with Gasteiger partial charge in [0.15, 0.2) is 0 Å². The van der Waals surface area contributed by atoms with E-state index in [0.717, 1.165) is 41.0 Å². The molecule has 0 heterocycles. The van der Waals surface area contributed by atoms with Crippen molar-refractivity contribution in [1.82, 2.24) is 0 Å². The zero-order valence-corrected chi connectivity index (χ0v) is 26.3. The van der Waals surface area contributed by atoms with Gasteiger partial charge in [-0.25, -0.2) is 0 Å². The second-order valence-electron chi connectivity index (χ2n) is 13.0. The minimum Gasteiger partial charge on any atom is -0.660 e. The van der Waals surface area contributed by atoms with Crippen LogP contribution in [0.3, 0.4) is 0 Å². The van der Waals surface area contributed by atoms with E-state index >= 15 is 0 Å². The van der Waals surface area contributed by atoms with Gasteiger partial charge >= 0.3 is 21.7 Å². The zero-order chi connectivity index (χ0) is 23.4. The fourth-order valence-corrected chi connectivity index (χ4v) is 12.6. The molecular weight excluding hydrogens is 462 g/mol. The molecule has 4 rings (SSSR count). The zero-order valence-electron chi connectivity index (χ0n) is 23.8. The molecule has 193 valence electrons. The quantitative estimate of drug-likeness (QED) is 0.254. The molecule has 4 aliphatic rings. The predicted molar refractivity (Wildman–Crippen MR) is 152 cm³/mol. The van der Waals surface area contributed by atoms with Crippen LogP contribution in [0.4, 0.5) is 0 Å². The third kappa shape index (κ3) is 8.39. The van der Waals surface area contributed by atoms with Crippen molar-refractivity contribution in [1.29, 1.82) is 0 Å². The molecule has 0 spiro atoms. The third-order valence-corrected chi connectivity index (χ3v) is 13.1. The summed E-state index contributed by atoms with van der Waals surface area (Å²) in [6.07, 6.45) is 24.5. The molecule has 4 fully saturated rings. The molecule has 0 N–H and O–H groups in total. The Labute approximate surface area is 230 Å². The van der Waals surface area contributed by atoms with Gasteiger partial charge in [0.1, 0.15) is 0 Å². The molecule has 6 unspecified atom stereocenters. The van der Waals surface area contributed by atoms with E-state index < -0.39 is 8.24 Å². The minimum atomic E-state index is -1.54. The summed E-state index contributed by atoms with van der Waals surface area (Å²) in [7, 11) is -1.54. The summed E-state index contributed by atoms with van der Waals surface area (Å²) in [4.78, 5) is 5.52. The maximum absolute atomic E-state index is 5.52. The number of fused-ring (bicyclic) bond motifs is 2.